The highest BCUT2D eigenvalue weighted by Gasteiger charge is 2.33. The van der Waals surface area contributed by atoms with E-state index in [1.165, 1.54) is 0 Å². The van der Waals surface area contributed by atoms with Crippen LogP contribution < -0.4 is 9.47 Å². The van der Waals surface area contributed by atoms with E-state index in [-0.39, 0.29) is 11.9 Å². The maximum Gasteiger partial charge on any atom is 0.254 e. The Morgan fingerprint density at radius 2 is 2.14 bits per heavy atom. The normalized spacial score (nSPS) is 13.5. The zero-order valence-corrected chi connectivity index (χ0v) is 17.4. The summed E-state index contributed by atoms with van der Waals surface area (Å²) in [5, 5.41) is 0.392. The molecule has 0 spiro atoms. The molecule has 1 aromatic carbocycles. The van der Waals surface area contributed by atoms with Crippen LogP contribution in [-0.2, 0) is 6.54 Å². The van der Waals surface area contributed by atoms with Crippen LogP contribution in [0.25, 0.3) is 0 Å². The Kier molecular flexibility index (Phi) is 6.79. The molecule has 2 aromatic rings. The second-order valence-corrected chi connectivity index (χ2v) is 7.95. The molecule has 1 amide bonds. The van der Waals surface area contributed by atoms with Gasteiger partial charge in [-0.25, -0.2) is 0 Å². The highest BCUT2D eigenvalue weighted by Crippen LogP contribution is 2.38. The SMILES string of the molecule is COc1cc(C(=O)N(Cc2cccnc2)C2CC2)cc(Cl)c1OCCC(C)C. The minimum absolute atomic E-state index is 0.0553. The van der Waals surface area contributed by atoms with Crippen molar-refractivity contribution in [3.05, 3.63) is 52.8 Å². The zero-order chi connectivity index (χ0) is 20.1. The molecule has 1 aromatic heterocycles. The smallest absolute Gasteiger partial charge is 0.254 e. The van der Waals surface area contributed by atoms with Gasteiger partial charge in [0.1, 0.15) is 0 Å². The molecule has 0 atom stereocenters. The highest BCUT2D eigenvalue weighted by atomic mass is 35.5. The van der Waals surface area contributed by atoms with Gasteiger partial charge in [0.15, 0.2) is 11.5 Å². The number of amides is 1. The fraction of sp³-hybridized carbons (Fsp3) is 0.455. The Morgan fingerprint density at radius 3 is 2.75 bits per heavy atom. The number of hydrogen-bond donors (Lipinski definition) is 0. The predicted molar refractivity (Wildman–Crippen MR) is 110 cm³/mol. The lowest BCUT2D eigenvalue weighted by atomic mass is 10.1. The molecule has 1 aliphatic rings. The first-order valence-corrected chi connectivity index (χ1v) is 10.1. The first-order chi connectivity index (χ1) is 13.5. The molecular weight excluding hydrogens is 376 g/mol. The van der Waals surface area contributed by atoms with Gasteiger partial charge in [-0.05, 0) is 48.9 Å². The van der Waals surface area contributed by atoms with E-state index in [9.17, 15) is 4.79 Å². The van der Waals surface area contributed by atoms with Crippen molar-refractivity contribution in [2.45, 2.75) is 45.7 Å². The van der Waals surface area contributed by atoms with Crippen molar-refractivity contribution in [1.29, 1.82) is 0 Å². The van der Waals surface area contributed by atoms with Crippen molar-refractivity contribution in [2.24, 2.45) is 5.92 Å². The fourth-order valence-corrected chi connectivity index (χ4v) is 3.25. The van der Waals surface area contributed by atoms with E-state index in [0.29, 0.717) is 41.2 Å². The van der Waals surface area contributed by atoms with Crippen molar-refractivity contribution in [3.63, 3.8) is 0 Å². The van der Waals surface area contributed by atoms with E-state index < -0.39 is 0 Å². The Morgan fingerprint density at radius 1 is 1.36 bits per heavy atom. The highest BCUT2D eigenvalue weighted by molar-refractivity contribution is 6.32. The third-order valence-corrected chi connectivity index (χ3v) is 5.02. The summed E-state index contributed by atoms with van der Waals surface area (Å²) in [4.78, 5) is 19.3. The minimum Gasteiger partial charge on any atom is -0.493 e. The van der Waals surface area contributed by atoms with Crippen LogP contribution in [-0.4, -0.2) is 35.5 Å². The number of pyridine rings is 1. The van der Waals surface area contributed by atoms with Crippen LogP contribution in [0.4, 0.5) is 0 Å². The van der Waals surface area contributed by atoms with Crippen LogP contribution >= 0.6 is 11.6 Å². The number of ether oxygens (including phenoxy) is 2. The summed E-state index contributed by atoms with van der Waals surface area (Å²) in [6.07, 6.45) is 6.48. The molecular formula is C22H27ClN2O3. The van der Waals surface area contributed by atoms with Crippen LogP contribution in [0.2, 0.25) is 5.02 Å². The molecule has 0 aliphatic heterocycles. The van der Waals surface area contributed by atoms with Gasteiger partial charge in [-0.2, -0.15) is 0 Å². The zero-order valence-electron chi connectivity index (χ0n) is 16.7. The van der Waals surface area contributed by atoms with Gasteiger partial charge in [0.25, 0.3) is 5.91 Å². The fourth-order valence-electron chi connectivity index (χ4n) is 2.99. The quantitative estimate of drug-likeness (QED) is 0.594. The molecule has 3 rings (SSSR count). The van der Waals surface area contributed by atoms with Gasteiger partial charge < -0.3 is 14.4 Å². The molecule has 6 heteroatoms. The van der Waals surface area contributed by atoms with Crippen LogP contribution in [0.3, 0.4) is 0 Å². The standard InChI is InChI=1S/C22H27ClN2O3/c1-15(2)8-10-28-21-19(23)11-17(12-20(21)27-3)22(26)25(18-6-7-18)14-16-5-4-9-24-13-16/h4-5,9,11-13,15,18H,6-8,10,14H2,1-3H3. The number of carbonyl (C=O) groups excluding carboxylic acids is 1. The third kappa shape index (κ3) is 5.16. The van der Waals surface area contributed by atoms with Gasteiger partial charge in [-0.3, -0.25) is 9.78 Å². The summed E-state index contributed by atoms with van der Waals surface area (Å²) in [5.74, 6) is 1.45. The van der Waals surface area contributed by atoms with Crippen molar-refractivity contribution >= 4 is 17.5 Å². The van der Waals surface area contributed by atoms with Gasteiger partial charge in [0, 0.05) is 30.5 Å². The average molecular weight is 403 g/mol. The lowest BCUT2D eigenvalue weighted by molar-refractivity contribution is 0.0729. The van der Waals surface area contributed by atoms with E-state index in [0.717, 1.165) is 24.8 Å². The Balaban J connectivity index is 1.80. The summed E-state index contributed by atoms with van der Waals surface area (Å²) >= 11 is 6.45. The summed E-state index contributed by atoms with van der Waals surface area (Å²) in [7, 11) is 1.56. The molecule has 0 saturated heterocycles. The Hall–Kier alpha value is -2.27. The Labute approximate surface area is 171 Å². The first kappa shape index (κ1) is 20.5. The molecule has 1 fully saturated rings. The molecule has 150 valence electrons. The van der Waals surface area contributed by atoms with Crippen LogP contribution in [0, 0.1) is 5.92 Å². The van der Waals surface area contributed by atoms with Crippen molar-refractivity contribution in [2.75, 3.05) is 13.7 Å². The molecule has 1 saturated carbocycles. The van der Waals surface area contributed by atoms with Gasteiger partial charge in [-0.15, -0.1) is 0 Å². The number of benzene rings is 1. The summed E-state index contributed by atoms with van der Waals surface area (Å²) < 4.78 is 11.3. The molecule has 0 unspecified atom stereocenters. The van der Waals surface area contributed by atoms with Gasteiger partial charge in [-0.1, -0.05) is 31.5 Å². The van der Waals surface area contributed by atoms with Crippen LogP contribution in [0.1, 0.15) is 49.0 Å². The van der Waals surface area contributed by atoms with Crippen LogP contribution in [0.5, 0.6) is 11.5 Å². The average Bonchev–Trinajstić information content (AvgIpc) is 3.52. The van der Waals surface area contributed by atoms with Crippen molar-refractivity contribution in [3.8, 4) is 11.5 Å². The lowest BCUT2D eigenvalue weighted by Gasteiger charge is -2.23. The number of rotatable bonds is 9. The Bertz CT molecular complexity index is 807. The topological polar surface area (TPSA) is 51.7 Å². The number of aromatic nitrogens is 1. The van der Waals surface area contributed by atoms with E-state index in [2.05, 4.69) is 18.8 Å². The van der Waals surface area contributed by atoms with Gasteiger partial charge in [0.05, 0.1) is 18.7 Å². The largest absolute Gasteiger partial charge is 0.493 e. The van der Waals surface area contributed by atoms with Crippen molar-refractivity contribution < 1.29 is 14.3 Å². The summed E-state index contributed by atoms with van der Waals surface area (Å²) in [6, 6.07) is 7.52. The van der Waals surface area contributed by atoms with E-state index in [1.807, 2.05) is 17.0 Å². The molecule has 1 aliphatic carbocycles. The van der Waals surface area contributed by atoms with E-state index in [1.54, 1.807) is 31.6 Å². The minimum atomic E-state index is -0.0553. The molecule has 0 bridgehead atoms. The second kappa shape index (κ2) is 9.28. The second-order valence-electron chi connectivity index (χ2n) is 7.55. The number of methoxy groups -OCH3 is 1. The van der Waals surface area contributed by atoms with Crippen LogP contribution in [0.15, 0.2) is 36.7 Å². The number of nitrogens with zero attached hydrogens (tertiary/aromatic N) is 2. The molecule has 1 heterocycles. The predicted octanol–water partition coefficient (Wildman–Crippen LogP) is 4.97. The summed E-state index contributed by atoms with van der Waals surface area (Å²) in [5.41, 5.74) is 1.52. The molecule has 5 nitrogen and oxygen atoms in total. The summed E-state index contributed by atoms with van der Waals surface area (Å²) in [6.45, 7) is 5.36. The van der Waals surface area contributed by atoms with Gasteiger partial charge >= 0.3 is 0 Å². The number of carbonyl (C=O) groups is 1. The maximum atomic E-state index is 13.2. The van der Waals surface area contributed by atoms with E-state index >= 15 is 0 Å². The maximum absolute atomic E-state index is 13.2. The van der Waals surface area contributed by atoms with Crippen molar-refractivity contribution in [1.82, 2.24) is 9.88 Å². The third-order valence-electron chi connectivity index (χ3n) is 4.74. The molecule has 0 radical (unpaired) electrons. The number of hydrogen-bond acceptors (Lipinski definition) is 4. The molecule has 0 N–H and O–H groups in total. The lowest BCUT2D eigenvalue weighted by Crippen LogP contribution is -2.32. The number of halogens is 1. The van der Waals surface area contributed by atoms with Gasteiger partial charge in [0.2, 0.25) is 0 Å². The first-order valence-electron chi connectivity index (χ1n) is 9.69. The monoisotopic (exact) mass is 402 g/mol. The molecule has 28 heavy (non-hydrogen) atoms. The van der Waals surface area contributed by atoms with E-state index in [4.69, 9.17) is 21.1 Å².